The van der Waals surface area contributed by atoms with Crippen LogP contribution in [0.4, 0.5) is 5.69 Å². The van der Waals surface area contributed by atoms with E-state index in [0.717, 1.165) is 19.5 Å². The molecule has 0 bridgehead atoms. The second-order valence-electron chi connectivity index (χ2n) is 4.85. The first kappa shape index (κ1) is 13.6. The topological polar surface area (TPSA) is 51.3 Å². The van der Waals surface area contributed by atoms with Gasteiger partial charge in [0.15, 0.2) is 0 Å². The molecule has 4 nitrogen and oxygen atoms in total. The van der Waals surface area contributed by atoms with Crippen LogP contribution in [0.15, 0.2) is 12.3 Å². The molecule has 1 heterocycles. The van der Waals surface area contributed by atoms with Gasteiger partial charge in [-0.15, -0.1) is 0 Å². The van der Waals surface area contributed by atoms with Crippen LogP contribution in [0.25, 0.3) is 0 Å². The summed E-state index contributed by atoms with van der Waals surface area (Å²) < 4.78 is 1.89. The smallest absolute Gasteiger partial charge is 0.270 e. The van der Waals surface area contributed by atoms with E-state index in [9.17, 15) is 4.79 Å². The SMILES string of the molecule is CCn1cc(N)cc1C(=O)N(C)CCC(C)C. The number of amides is 1. The van der Waals surface area contributed by atoms with Crippen LogP contribution >= 0.6 is 0 Å². The maximum atomic E-state index is 12.2. The normalized spacial score (nSPS) is 10.9. The molecule has 0 aromatic carbocycles. The van der Waals surface area contributed by atoms with Gasteiger partial charge in [0.2, 0.25) is 0 Å². The minimum Gasteiger partial charge on any atom is -0.397 e. The van der Waals surface area contributed by atoms with Gasteiger partial charge in [-0.05, 0) is 25.3 Å². The molecular formula is C13H23N3O. The van der Waals surface area contributed by atoms with Gasteiger partial charge in [0.05, 0.1) is 5.69 Å². The Kier molecular flexibility index (Phi) is 4.61. The molecule has 4 heteroatoms. The number of hydrogen-bond acceptors (Lipinski definition) is 2. The summed E-state index contributed by atoms with van der Waals surface area (Å²) in [4.78, 5) is 14.0. The van der Waals surface area contributed by atoms with Crippen molar-refractivity contribution < 1.29 is 4.79 Å². The molecule has 0 fully saturated rings. The summed E-state index contributed by atoms with van der Waals surface area (Å²) in [6.07, 6.45) is 2.83. The summed E-state index contributed by atoms with van der Waals surface area (Å²) in [6, 6.07) is 1.75. The van der Waals surface area contributed by atoms with Crippen molar-refractivity contribution in [1.82, 2.24) is 9.47 Å². The minimum atomic E-state index is 0.0456. The van der Waals surface area contributed by atoms with E-state index in [4.69, 9.17) is 5.73 Å². The first-order valence-corrected chi connectivity index (χ1v) is 6.16. The van der Waals surface area contributed by atoms with Crippen LogP contribution in [-0.2, 0) is 6.54 Å². The zero-order valence-electron chi connectivity index (χ0n) is 11.2. The molecule has 0 saturated carbocycles. The van der Waals surface area contributed by atoms with Gasteiger partial charge >= 0.3 is 0 Å². The molecule has 1 amide bonds. The number of nitrogen functional groups attached to an aromatic ring is 1. The van der Waals surface area contributed by atoms with E-state index in [1.807, 2.05) is 24.7 Å². The molecule has 2 N–H and O–H groups in total. The Morgan fingerprint density at radius 3 is 2.71 bits per heavy atom. The fourth-order valence-electron chi connectivity index (χ4n) is 1.72. The van der Waals surface area contributed by atoms with Gasteiger partial charge in [0.25, 0.3) is 5.91 Å². The van der Waals surface area contributed by atoms with Gasteiger partial charge in [-0.2, -0.15) is 0 Å². The highest BCUT2D eigenvalue weighted by molar-refractivity contribution is 5.93. The molecular weight excluding hydrogens is 214 g/mol. The molecule has 1 aromatic rings. The molecule has 0 unspecified atom stereocenters. The van der Waals surface area contributed by atoms with Crippen molar-refractivity contribution in [3.05, 3.63) is 18.0 Å². The predicted octanol–water partition coefficient (Wildman–Crippen LogP) is 2.21. The predicted molar refractivity (Wildman–Crippen MR) is 70.9 cm³/mol. The summed E-state index contributed by atoms with van der Waals surface area (Å²) in [5.74, 6) is 0.650. The van der Waals surface area contributed by atoms with Gasteiger partial charge in [0, 0.05) is 26.3 Å². The Morgan fingerprint density at radius 1 is 1.53 bits per heavy atom. The Labute approximate surface area is 103 Å². The minimum absolute atomic E-state index is 0.0456. The Bertz CT molecular complexity index is 382. The van der Waals surface area contributed by atoms with Gasteiger partial charge in [-0.25, -0.2) is 0 Å². The van der Waals surface area contributed by atoms with Crippen LogP contribution in [0.2, 0.25) is 0 Å². The summed E-state index contributed by atoms with van der Waals surface area (Å²) >= 11 is 0. The standard InChI is InChI=1S/C13H23N3O/c1-5-16-9-11(14)8-12(16)13(17)15(4)7-6-10(2)3/h8-10H,5-7,14H2,1-4H3. The lowest BCUT2D eigenvalue weighted by molar-refractivity contribution is 0.0778. The molecule has 0 atom stereocenters. The average molecular weight is 237 g/mol. The number of rotatable bonds is 5. The zero-order valence-corrected chi connectivity index (χ0v) is 11.2. The number of anilines is 1. The van der Waals surface area contributed by atoms with Crippen molar-refractivity contribution >= 4 is 11.6 Å². The number of aromatic nitrogens is 1. The van der Waals surface area contributed by atoms with E-state index in [2.05, 4.69) is 13.8 Å². The molecule has 0 aliphatic carbocycles. The zero-order chi connectivity index (χ0) is 13.0. The highest BCUT2D eigenvalue weighted by Crippen LogP contribution is 2.13. The molecule has 17 heavy (non-hydrogen) atoms. The van der Waals surface area contributed by atoms with Gasteiger partial charge < -0.3 is 15.2 Å². The van der Waals surface area contributed by atoms with E-state index in [1.165, 1.54) is 0 Å². The average Bonchev–Trinajstić information content (AvgIpc) is 2.66. The lowest BCUT2D eigenvalue weighted by Gasteiger charge is -2.19. The Balaban J connectivity index is 2.74. The molecule has 1 rings (SSSR count). The van der Waals surface area contributed by atoms with Crippen LogP contribution in [0.3, 0.4) is 0 Å². The number of carbonyl (C=O) groups is 1. The van der Waals surface area contributed by atoms with E-state index in [-0.39, 0.29) is 5.91 Å². The van der Waals surface area contributed by atoms with Crippen molar-refractivity contribution in [2.24, 2.45) is 5.92 Å². The van der Waals surface area contributed by atoms with Crippen LogP contribution in [0, 0.1) is 5.92 Å². The van der Waals surface area contributed by atoms with Crippen molar-refractivity contribution in [2.45, 2.75) is 33.7 Å². The van der Waals surface area contributed by atoms with Gasteiger partial charge in [-0.1, -0.05) is 13.8 Å². The second-order valence-corrected chi connectivity index (χ2v) is 4.85. The highest BCUT2D eigenvalue weighted by atomic mass is 16.2. The van der Waals surface area contributed by atoms with E-state index in [0.29, 0.717) is 17.3 Å². The van der Waals surface area contributed by atoms with Crippen molar-refractivity contribution in [2.75, 3.05) is 19.3 Å². The first-order valence-electron chi connectivity index (χ1n) is 6.16. The Morgan fingerprint density at radius 2 is 2.18 bits per heavy atom. The summed E-state index contributed by atoms with van der Waals surface area (Å²) in [6.45, 7) is 7.86. The monoisotopic (exact) mass is 237 g/mol. The molecule has 0 radical (unpaired) electrons. The third kappa shape index (κ3) is 3.51. The van der Waals surface area contributed by atoms with E-state index >= 15 is 0 Å². The van der Waals surface area contributed by atoms with Crippen LogP contribution in [0.5, 0.6) is 0 Å². The third-order valence-corrected chi connectivity index (χ3v) is 2.87. The molecule has 0 spiro atoms. The fraction of sp³-hybridized carbons (Fsp3) is 0.615. The summed E-state index contributed by atoms with van der Waals surface area (Å²) in [7, 11) is 1.84. The number of nitrogens with two attached hydrogens (primary N) is 1. The quantitative estimate of drug-likeness (QED) is 0.853. The van der Waals surface area contributed by atoms with Crippen LogP contribution in [0.1, 0.15) is 37.7 Å². The first-order chi connectivity index (χ1) is 7.95. The lowest BCUT2D eigenvalue weighted by Crippen LogP contribution is -2.30. The third-order valence-electron chi connectivity index (χ3n) is 2.87. The number of aryl methyl sites for hydroxylation is 1. The van der Waals surface area contributed by atoms with Crippen LogP contribution < -0.4 is 5.73 Å². The van der Waals surface area contributed by atoms with Crippen LogP contribution in [-0.4, -0.2) is 29.0 Å². The molecule has 0 saturated heterocycles. The van der Waals surface area contributed by atoms with Crippen molar-refractivity contribution in [1.29, 1.82) is 0 Å². The lowest BCUT2D eigenvalue weighted by atomic mass is 10.1. The maximum absolute atomic E-state index is 12.2. The van der Waals surface area contributed by atoms with Gasteiger partial charge in [-0.3, -0.25) is 4.79 Å². The number of hydrogen-bond donors (Lipinski definition) is 1. The highest BCUT2D eigenvalue weighted by Gasteiger charge is 2.16. The van der Waals surface area contributed by atoms with Crippen molar-refractivity contribution in [3.8, 4) is 0 Å². The van der Waals surface area contributed by atoms with Gasteiger partial charge in [0.1, 0.15) is 5.69 Å². The fourth-order valence-corrected chi connectivity index (χ4v) is 1.72. The van der Waals surface area contributed by atoms with Crippen molar-refractivity contribution in [3.63, 3.8) is 0 Å². The number of carbonyl (C=O) groups excluding carboxylic acids is 1. The maximum Gasteiger partial charge on any atom is 0.270 e. The molecule has 0 aliphatic rings. The Hall–Kier alpha value is -1.45. The van der Waals surface area contributed by atoms with E-state index < -0.39 is 0 Å². The molecule has 0 aliphatic heterocycles. The second kappa shape index (κ2) is 5.75. The van der Waals surface area contributed by atoms with E-state index in [1.54, 1.807) is 11.0 Å². The summed E-state index contributed by atoms with van der Waals surface area (Å²) in [5, 5.41) is 0. The molecule has 96 valence electrons. The molecule has 1 aromatic heterocycles. The largest absolute Gasteiger partial charge is 0.397 e. The number of nitrogens with zero attached hydrogens (tertiary/aromatic N) is 2. The summed E-state index contributed by atoms with van der Waals surface area (Å²) in [5.41, 5.74) is 7.05.